The van der Waals surface area contributed by atoms with Crippen LogP contribution in [-0.2, 0) is 16.9 Å². The first-order valence-corrected chi connectivity index (χ1v) is 9.03. The molecule has 8 heteroatoms. The molecule has 0 bridgehead atoms. The minimum atomic E-state index is -1.46. The quantitative estimate of drug-likeness (QED) is 0.670. The van der Waals surface area contributed by atoms with E-state index in [0.717, 1.165) is 5.39 Å². The molecule has 144 valence electrons. The smallest absolute Gasteiger partial charge is 0.322 e. The van der Waals surface area contributed by atoms with Gasteiger partial charge < -0.3 is 10.2 Å². The normalized spacial score (nSPS) is 20.7. The highest BCUT2D eigenvalue weighted by Crippen LogP contribution is 2.32. The number of nitrogens with one attached hydrogen (secondary N) is 2. The molecular formula is C21H15FN4O3. The Morgan fingerprint density at radius 2 is 1.97 bits per heavy atom. The van der Waals surface area contributed by atoms with Crippen LogP contribution in [0.4, 0.5) is 9.18 Å². The van der Waals surface area contributed by atoms with Gasteiger partial charge in [-0.3, -0.25) is 19.9 Å². The number of rotatable bonds is 3. The summed E-state index contributed by atoms with van der Waals surface area (Å²) in [7, 11) is 0. The highest BCUT2D eigenvalue weighted by Gasteiger charge is 2.50. The molecule has 1 saturated heterocycles. The number of pyridine rings is 1. The molecule has 0 aliphatic carbocycles. The molecule has 1 aromatic heterocycles. The summed E-state index contributed by atoms with van der Waals surface area (Å²) in [5.41, 5.74) is 0.666. The third-order valence-corrected chi connectivity index (χ3v) is 5.42. The zero-order valence-electron chi connectivity index (χ0n) is 15.1. The van der Waals surface area contributed by atoms with E-state index in [1.54, 1.807) is 30.5 Å². The first-order valence-electron chi connectivity index (χ1n) is 9.03. The molecule has 2 aromatic carbocycles. The standard InChI is InChI=1S/C21H15FN4O3/c22-15-6-4-13-10-26(18(27)16(13)9-15)11-21(19(28)24-20(29)25-21)14-5-3-12-2-1-7-23-17(12)8-14/h1-9H,10-11H2,(H2,24,25,28,29). The van der Waals surface area contributed by atoms with E-state index in [2.05, 4.69) is 15.6 Å². The van der Waals surface area contributed by atoms with Gasteiger partial charge in [-0.05, 0) is 35.4 Å². The van der Waals surface area contributed by atoms with Gasteiger partial charge >= 0.3 is 6.03 Å². The lowest BCUT2D eigenvalue weighted by Crippen LogP contribution is -2.52. The third-order valence-electron chi connectivity index (χ3n) is 5.42. The Morgan fingerprint density at radius 3 is 2.76 bits per heavy atom. The maximum Gasteiger partial charge on any atom is 0.322 e. The molecule has 0 spiro atoms. The minimum absolute atomic E-state index is 0.0853. The van der Waals surface area contributed by atoms with E-state index in [9.17, 15) is 18.8 Å². The van der Waals surface area contributed by atoms with Crippen LogP contribution < -0.4 is 10.6 Å². The van der Waals surface area contributed by atoms with Crippen molar-refractivity contribution >= 4 is 28.7 Å². The van der Waals surface area contributed by atoms with Crippen LogP contribution in [0.2, 0.25) is 0 Å². The van der Waals surface area contributed by atoms with E-state index >= 15 is 0 Å². The Labute approximate surface area is 164 Å². The summed E-state index contributed by atoms with van der Waals surface area (Å²) in [6.45, 7) is 0.142. The monoisotopic (exact) mass is 390 g/mol. The van der Waals surface area contributed by atoms with Gasteiger partial charge in [-0.25, -0.2) is 9.18 Å². The van der Waals surface area contributed by atoms with Crippen LogP contribution in [0, 0.1) is 5.82 Å². The number of benzene rings is 2. The van der Waals surface area contributed by atoms with Crippen molar-refractivity contribution in [2.75, 3.05) is 6.54 Å². The number of imide groups is 1. The Morgan fingerprint density at radius 1 is 1.10 bits per heavy atom. The van der Waals surface area contributed by atoms with E-state index in [-0.39, 0.29) is 24.6 Å². The van der Waals surface area contributed by atoms with Crippen molar-refractivity contribution in [1.29, 1.82) is 0 Å². The SMILES string of the molecule is O=C1NC(=O)C(CN2Cc3ccc(F)cc3C2=O)(c2ccc3cccnc3c2)N1. The van der Waals surface area contributed by atoms with Gasteiger partial charge in [0.05, 0.1) is 12.1 Å². The molecule has 1 unspecified atom stereocenters. The van der Waals surface area contributed by atoms with E-state index in [1.807, 2.05) is 12.1 Å². The Hall–Kier alpha value is -3.81. The summed E-state index contributed by atoms with van der Waals surface area (Å²) in [6.07, 6.45) is 1.64. The summed E-state index contributed by atoms with van der Waals surface area (Å²) in [6, 6.07) is 12.4. The number of carbonyl (C=O) groups is 3. The molecule has 4 amide bonds. The predicted molar refractivity (Wildman–Crippen MR) is 101 cm³/mol. The Balaban J connectivity index is 1.57. The van der Waals surface area contributed by atoms with Crippen LogP contribution in [0.1, 0.15) is 21.5 Å². The fourth-order valence-electron chi connectivity index (χ4n) is 3.98. The van der Waals surface area contributed by atoms with Crippen molar-refractivity contribution < 1.29 is 18.8 Å². The van der Waals surface area contributed by atoms with Gasteiger partial charge in [-0.15, -0.1) is 0 Å². The van der Waals surface area contributed by atoms with Crippen molar-refractivity contribution in [2.24, 2.45) is 0 Å². The van der Waals surface area contributed by atoms with Crippen LogP contribution >= 0.6 is 0 Å². The second-order valence-electron chi connectivity index (χ2n) is 7.19. The maximum atomic E-state index is 13.6. The second-order valence-corrected chi connectivity index (χ2v) is 7.19. The average Bonchev–Trinajstić information content (AvgIpc) is 3.17. The number of amides is 4. The average molecular weight is 390 g/mol. The Kier molecular flexibility index (Phi) is 3.64. The lowest BCUT2D eigenvalue weighted by Gasteiger charge is -2.31. The summed E-state index contributed by atoms with van der Waals surface area (Å²) in [5.74, 6) is -1.43. The van der Waals surface area contributed by atoms with Crippen molar-refractivity contribution in [3.8, 4) is 0 Å². The number of halogens is 1. The van der Waals surface area contributed by atoms with Crippen molar-refractivity contribution in [3.05, 3.63) is 77.2 Å². The van der Waals surface area contributed by atoms with Gasteiger partial charge in [0, 0.05) is 23.7 Å². The number of hydrogen-bond donors (Lipinski definition) is 2. The van der Waals surface area contributed by atoms with Crippen molar-refractivity contribution in [2.45, 2.75) is 12.1 Å². The van der Waals surface area contributed by atoms with E-state index < -0.39 is 23.3 Å². The van der Waals surface area contributed by atoms with Gasteiger partial charge in [0.15, 0.2) is 5.54 Å². The number of aromatic nitrogens is 1. The van der Waals surface area contributed by atoms with Gasteiger partial charge in [0.25, 0.3) is 11.8 Å². The number of carbonyl (C=O) groups excluding carboxylic acids is 3. The molecule has 0 radical (unpaired) electrons. The van der Waals surface area contributed by atoms with E-state index in [0.29, 0.717) is 16.6 Å². The zero-order valence-corrected chi connectivity index (χ0v) is 15.1. The topological polar surface area (TPSA) is 91.4 Å². The molecule has 3 heterocycles. The Bertz CT molecular complexity index is 1210. The molecule has 29 heavy (non-hydrogen) atoms. The second kappa shape index (κ2) is 6.10. The molecule has 2 aliphatic heterocycles. The van der Waals surface area contributed by atoms with E-state index in [4.69, 9.17) is 0 Å². The first-order chi connectivity index (χ1) is 14.0. The van der Waals surface area contributed by atoms with Crippen LogP contribution in [0.3, 0.4) is 0 Å². The van der Waals surface area contributed by atoms with Gasteiger partial charge in [0.2, 0.25) is 0 Å². The lowest BCUT2D eigenvalue weighted by atomic mass is 9.88. The highest BCUT2D eigenvalue weighted by molar-refractivity contribution is 6.08. The summed E-state index contributed by atoms with van der Waals surface area (Å²) in [4.78, 5) is 43.4. The number of hydrogen-bond acceptors (Lipinski definition) is 4. The van der Waals surface area contributed by atoms with Crippen molar-refractivity contribution in [3.63, 3.8) is 0 Å². The lowest BCUT2D eigenvalue weighted by molar-refractivity contribution is -0.124. The fourth-order valence-corrected chi connectivity index (χ4v) is 3.98. The minimum Gasteiger partial charge on any atom is -0.331 e. The summed E-state index contributed by atoms with van der Waals surface area (Å²) < 4.78 is 13.6. The zero-order chi connectivity index (χ0) is 20.2. The van der Waals surface area contributed by atoms with Crippen LogP contribution in [-0.4, -0.2) is 34.3 Å². The number of urea groups is 1. The van der Waals surface area contributed by atoms with Crippen LogP contribution in [0.5, 0.6) is 0 Å². The summed E-state index contributed by atoms with van der Waals surface area (Å²) in [5, 5.41) is 5.84. The van der Waals surface area contributed by atoms with Crippen LogP contribution in [0.25, 0.3) is 10.9 Å². The van der Waals surface area contributed by atoms with E-state index in [1.165, 1.54) is 17.0 Å². The molecule has 1 fully saturated rings. The predicted octanol–water partition coefficient (Wildman–Crippen LogP) is 2.06. The number of fused-ring (bicyclic) bond motifs is 2. The van der Waals surface area contributed by atoms with Gasteiger partial charge in [-0.1, -0.05) is 24.3 Å². The number of nitrogens with zero attached hydrogens (tertiary/aromatic N) is 2. The summed E-state index contributed by atoms with van der Waals surface area (Å²) >= 11 is 0. The molecule has 0 saturated carbocycles. The largest absolute Gasteiger partial charge is 0.331 e. The molecule has 5 rings (SSSR count). The molecule has 7 nitrogen and oxygen atoms in total. The van der Waals surface area contributed by atoms with Crippen LogP contribution in [0.15, 0.2) is 54.7 Å². The molecular weight excluding hydrogens is 375 g/mol. The molecule has 3 aromatic rings. The molecule has 2 aliphatic rings. The maximum absolute atomic E-state index is 13.6. The molecule has 2 N–H and O–H groups in total. The van der Waals surface area contributed by atoms with Gasteiger partial charge in [-0.2, -0.15) is 0 Å². The van der Waals surface area contributed by atoms with Crippen molar-refractivity contribution in [1.82, 2.24) is 20.5 Å². The fraction of sp³-hybridized carbons (Fsp3) is 0.143. The first kappa shape index (κ1) is 17.3. The third kappa shape index (κ3) is 2.64. The van der Waals surface area contributed by atoms with Gasteiger partial charge in [0.1, 0.15) is 5.82 Å². The highest BCUT2D eigenvalue weighted by atomic mass is 19.1. The molecule has 1 atom stereocenters.